The number of hydrogen-bond acceptors (Lipinski definition) is 2. The molecule has 0 amide bonds. The van der Waals surface area contributed by atoms with Crippen LogP contribution in [0.3, 0.4) is 0 Å². The van der Waals surface area contributed by atoms with Gasteiger partial charge in [0.25, 0.3) is 0 Å². The molecule has 0 bridgehead atoms. The highest BCUT2D eigenvalue weighted by Crippen LogP contribution is 2.31. The largest absolute Gasteiger partial charge is 0.858 e. The number of rotatable bonds is 2. The zero-order valence-electron chi connectivity index (χ0n) is 9.69. The van der Waals surface area contributed by atoms with Crippen molar-refractivity contribution in [2.24, 2.45) is 4.99 Å². The number of alkyl halides is 3. The predicted octanol–water partition coefficient (Wildman–Crippen LogP) is 3.14. The summed E-state index contributed by atoms with van der Waals surface area (Å²) in [5.74, 6) is -0.570. The van der Waals surface area contributed by atoms with Crippen LogP contribution in [0.2, 0.25) is 0 Å². The Morgan fingerprint density at radius 1 is 0.947 bits per heavy atom. The van der Waals surface area contributed by atoms with Crippen LogP contribution in [-0.2, 0) is 6.18 Å². The van der Waals surface area contributed by atoms with Gasteiger partial charge in [-0.15, -0.1) is 0 Å². The lowest BCUT2D eigenvalue weighted by Gasteiger charge is -2.11. The predicted molar refractivity (Wildman–Crippen MR) is 64.1 cm³/mol. The molecule has 0 aliphatic heterocycles. The summed E-state index contributed by atoms with van der Waals surface area (Å²) in [6.45, 7) is 0. The van der Waals surface area contributed by atoms with Crippen molar-refractivity contribution in [1.29, 1.82) is 0 Å². The Morgan fingerprint density at radius 3 is 2.26 bits per heavy atom. The van der Waals surface area contributed by atoms with Gasteiger partial charge in [-0.1, -0.05) is 36.4 Å². The second-order valence-corrected chi connectivity index (χ2v) is 3.83. The van der Waals surface area contributed by atoms with Crippen LogP contribution >= 0.6 is 0 Å². The molecule has 0 aromatic heterocycles. The summed E-state index contributed by atoms with van der Waals surface area (Å²) < 4.78 is 37.5. The standard InChI is InChI=1S/C14H10F3NO/c15-14(16,17)11-7-4-8-12(9-11)18-13(19)10-5-2-1-3-6-10/h1-9H,(H,18,19)/p-1. The third-order valence-electron chi connectivity index (χ3n) is 2.42. The Kier molecular flexibility index (Phi) is 3.55. The van der Waals surface area contributed by atoms with E-state index in [0.29, 0.717) is 5.56 Å². The summed E-state index contributed by atoms with van der Waals surface area (Å²) in [6, 6.07) is 12.5. The fourth-order valence-electron chi connectivity index (χ4n) is 1.51. The van der Waals surface area contributed by atoms with Gasteiger partial charge in [0, 0.05) is 0 Å². The number of halogens is 3. The summed E-state index contributed by atoms with van der Waals surface area (Å²) >= 11 is 0. The molecule has 0 spiro atoms. The van der Waals surface area contributed by atoms with Crippen molar-refractivity contribution in [3.8, 4) is 0 Å². The van der Waals surface area contributed by atoms with Crippen LogP contribution < -0.4 is 5.11 Å². The number of hydrogen-bond donors (Lipinski definition) is 0. The fourth-order valence-corrected chi connectivity index (χ4v) is 1.51. The van der Waals surface area contributed by atoms with Gasteiger partial charge in [-0.05, 0) is 29.7 Å². The minimum absolute atomic E-state index is 0.0105. The number of nitrogens with zero attached hydrogens (tertiary/aromatic N) is 1. The zero-order chi connectivity index (χ0) is 13.9. The molecule has 0 saturated carbocycles. The molecule has 2 nitrogen and oxygen atoms in total. The maximum Gasteiger partial charge on any atom is 0.416 e. The Hall–Kier alpha value is -2.30. The quantitative estimate of drug-likeness (QED) is 0.606. The van der Waals surface area contributed by atoms with E-state index in [1.807, 2.05) is 0 Å². The first-order valence-corrected chi connectivity index (χ1v) is 5.45. The Morgan fingerprint density at radius 2 is 1.63 bits per heavy atom. The lowest BCUT2D eigenvalue weighted by atomic mass is 10.2. The van der Waals surface area contributed by atoms with Gasteiger partial charge >= 0.3 is 6.18 Å². The minimum atomic E-state index is -4.44. The maximum atomic E-state index is 12.5. The third-order valence-corrected chi connectivity index (χ3v) is 2.42. The molecule has 0 unspecified atom stereocenters. The summed E-state index contributed by atoms with van der Waals surface area (Å²) in [6.07, 6.45) is -4.44. The molecular formula is C14H9F3NO-. The van der Waals surface area contributed by atoms with Crippen molar-refractivity contribution in [2.75, 3.05) is 0 Å². The topological polar surface area (TPSA) is 35.4 Å². The molecule has 0 fully saturated rings. The number of benzene rings is 2. The van der Waals surface area contributed by atoms with E-state index < -0.39 is 17.6 Å². The van der Waals surface area contributed by atoms with Gasteiger partial charge in [-0.2, -0.15) is 13.2 Å². The average Bonchev–Trinajstić information content (AvgIpc) is 2.39. The molecule has 2 rings (SSSR count). The molecule has 0 saturated heterocycles. The monoisotopic (exact) mass is 264 g/mol. The molecule has 2 aromatic carbocycles. The zero-order valence-corrected chi connectivity index (χ0v) is 9.69. The molecule has 2 aromatic rings. The lowest BCUT2D eigenvalue weighted by Crippen LogP contribution is -2.18. The van der Waals surface area contributed by atoms with Crippen LogP contribution in [0.25, 0.3) is 0 Å². The van der Waals surface area contributed by atoms with Crippen LogP contribution in [0, 0.1) is 0 Å². The van der Waals surface area contributed by atoms with Gasteiger partial charge in [0.2, 0.25) is 0 Å². The van der Waals surface area contributed by atoms with Crippen LogP contribution in [0.4, 0.5) is 18.9 Å². The van der Waals surface area contributed by atoms with E-state index >= 15 is 0 Å². The van der Waals surface area contributed by atoms with Crippen molar-refractivity contribution in [3.63, 3.8) is 0 Å². The summed E-state index contributed by atoms with van der Waals surface area (Å²) in [4.78, 5) is 3.66. The van der Waals surface area contributed by atoms with Gasteiger partial charge in [0.05, 0.1) is 11.3 Å². The Labute approximate surface area is 107 Å². The van der Waals surface area contributed by atoms with E-state index in [4.69, 9.17) is 0 Å². The van der Waals surface area contributed by atoms with E-state index in [1.54, 1.807) is 30.3 Å². The van der Waals surface area contributed by atoms with E-state index in [2.05, 4.69) is 4.99 Å². The van der Waals surface area contributed by atoms with E-state index in [9.17, 15) is 18.3 Å². The van der Waals surface area contributed by atoms with Crippen LogP contribution in [0.15, 0.2) is 59.6 Å². The average molecular weight is 264 g/mol. The van der Waals surface area contributed by atoms with Crippen molar-refractivity contribution >= 4 is 11.6 Å². The van der Waals surface area contributed by atoms with Crippen LogP contribution in [-0.4, -0.2) is 5.90 Å². The molecule has 0 aliphatic rings. The van der Waals surface area contributed by atoms with Gasteiger partial charge in [0.1, 0.15) is 0 Å². The molecule has 0 radical (unpaired) electrons. The summed E-state index contributed by atoms with van der Waals surface area (Å²) in [5, 5.41) is 11.7. The second kappa shape index (κ2) is 5.14. The Bertz CT molecular complexity index is 591. The molecular weight excluding hydrogens is 255 g/mol. The SMILES string of the molecule is [O-]C(=Nc1cccc(C(F)(F)F)c1)c1ccccc1. The first-order valence-electron chi connectivity index (χ1n) is 5.45. The minimum Gasteiger partial charge on any atom is -0.858 e. The van der Waals surface area contributed by atoms with Crippen LogP contribution in [0.5, 0.6) is 0 Å². The van der Waals surface area contributed by atoms with E-state index in [-0.39, 0.29) is 5.69 Å². The molecule has 0 heterocycles. The first-order chi connectivity index (χ1) is 8.97. The highest BCUT2D eigenvalue weighted by atomic mass is 19.4. The maximum absolute atomic E-state index is 12.5. The lowest BCUT2D eigenvalue weighted by molar-refractivity contribution is -0.212. The van der Waals surface area contributed by atoms with Crippen molar-refractivity contribution < 1.29 is 18.3 Å². The summed E-state index contributed by atoms with van der Waals surface area (Å²) in [7, 11) is 0. The molecule has 0 atom stereocenters. The molecule has 5 heteroatoms. The Balaban J connectivity index is 2.33. The molecule has 0 aliphatic carbocycles. The van der Waals surface area contributed by atoms with Gasteiger partial charge in [-0.3, -0.25) is 4.99 Å². The van der Waals surface area contributed by atoms with Crippen molar-refractivity contribution in [3.05, 3.63) is 65.7 Å². The summed E-state index contributed by atoms with van der Waals surface area (Å²) in [5.41, 5.74) is -0.502. The third kappa shape index (κ3) is 3.34. The van der Waals surface area contributed by atoms with Gasteiger partial charge in [-0.25, -0.2) is 0 Å². The van der Waals surface area contributed by atoms with E-state index in [0.717, 1.165) is 12.1 Å². The number of aliphatic imine (C=N–C) groups is 1. The normalized spacial score (nSPS) is 12.5. The van der Waals surface area contributed by atoms with Gasteiger partial charge < -0.3 is 5.11 Å². The van der Waals surface area contributed by atoms with Crippen molar-refractivity contribution in [2.45, 2.75) is 6.18 Å². The molecule has 19 heavy (non-hydrogen) atoms. The highest BCUT2D eigenvalue weighted by molar-refractivity contribution is 5.92. The first kappa shape index (κ1) is 13.1. The highest BCUT2D eigenvalue weighted by Gasteiger charge is 2.30. The fraction of sp³-hybridized carbons (Fsp3) is 0.0714. The van der Waals surface area contributed by atoms with Gasteiger partial charge in [0.15, 0.2) is 0 Å². The smallest absolute Gasteiger partial charge is 0.416 e. The van der Waals surface area contributed by atoms with Crippen molar-refractivity contribution in [1.82, 2.24) is 0 Å². The van der Waals surface area contributed by atoms with E-state index in [1.165, 1.54) is 12.1 Å². The second-order valence-electron chi connectivity index (χ2n) is 3.83. The molecule has 0 N–H and O–H groups in total. The molecule has 98 valence electrons. The van der Waals surface area contributed by atoms with Crippen LogP contribution in [0.1, 0.15) is 11.1 Å².